The summed E-state index contributed by atoms with van der Waals surface area (Å²) in [4.78, 5) is 25.8. The Morgan fingerprint density at radius 3 is 2.35 bits per heavy atom. The molecule has 1 atom stereocenters. The minimum absolute atomic E-state index is 0.0641. The number of anilines is 1. The lowest BCUT2D eigenvalue weighted by atomic mass is 10.0. The maximum atomic E-state index is 12.9. The molecule has 0 aliphatic carbocycles. The molecule has 0 saturated heterocycles. The summed E-state index contributed by atoms with van der Waals surface area (Å²) in [6, 6.07) is 17.6. The fraction of sp³-hybridized carbons (Fsp3) is 0.292. The lowest BCUT2D eigenvalue weighted by molar-refractivity contribution is -0.116. The van der Waals surface area contributed by atoms with E-state index < -0.39 is 6.04 Å². The van der Waals surface area contributed by atoms with Crippen molar-refractivity contribution < 1.29 is 9.59 Å². The van der Waals surface area contributed by atoms with E-state index in [1.54, 1.807) is 28.9 Å². The zero-order valence-electron chi connectivity index (χ0n) is 18.1. The van der Waals surface area contributed by atoms with Crippen LogP contribution in [0.2, 0.25) is 5.02 Å². The molecule has 0 bridgehead atoms. The van der Waals surface area contributed by atoms with Crippen LogP contribution in [0.15, 0.2) is 60.7 Å². The molecule has 31 heavy (non-hydrogen) atoms. The van der Waals surface area contributed by atoms with E-state index in [0.717, 1.165) is 11.3 Å². The van der Waals surface area contributed by atoms with Crippen molar-refractivity contribution in [2.24, 2.45) is 0 Å². The van der Waals surface area contributed by atoms with Crippen molar-refractivity contribution in [1.29, 1.82) is 0 Å². The van der Waals surface area contributed by atoms with Crippen LogP contribution in [0.5, 0.6) is 0 Å². The van der Waals surface area contributed by atoms with Crippen LogP contribution in [0, 0.1) is 6.92 Å². The van der Waals surface area contributed by atoms with Crippen LogP contribution in [-0.2, 0) is 10.3 Å². The third kappa shape index (κ3) is 5.73. The largest absolute Gasteiger partial charge is 0.345 e. The van der Waals surface area contributed by atoms with Gasteiger partial charge in [-0.05, 0) is 45.4 Å². The molecule has 3 aromatic rings. The summed E-state index contributed by atoms with van der Waals surface area (Å²) in [6.07, 6.45) is 0.0641. The van der Waals surface area contributed by atoms with Crippen molar-refractivity contribution in [3.05, 3.63) is 82.5 Å². The third-order valence-electron chi connectivity index (χ3n) is 4.75. The van der Waals surface area contributed by atoms with Crippen molar-refractivity contribution >= 4 is 29.2 Å². The van der Waals surface area contributed by atoms with E-state index in [1.807, 2.05) is 64.1 Å². The topological polar surface area (TPSA) is 76.0 Å². The second-order valence-corrected chi connectivity index (χ2v) is 8.83. The lowest BCUT2D eigenvalue weighted by Crippen LogP contribution is -2.32. The summed E-state index contributed by atoms with van der Waals surface area (Å²) < 4.78 is 1.79. The first-order valence-corrected chi connectivity index (χ1v) is 10.5. The van der Waals surface area contributed by atoms with Gasteiger partial charge in [0, 0.05) is 6.07 Å². The van der Waals surface area contributed by atoms with Gasteiger partial charge < -0.3 is 10.6 Å². The molecular weight excluding hydrogens is 412 g/mol. The van der Waals surface area contributed by atoms with E-state index >= 15 is 0 Å². The molecule has 7 heteroatoms. The fourth-order valence-electron chi connectivity index (χ4n) is 3.30. The second-order valence-electron chi connectivity index (χ2n) is 8.42. The Balaban J connectivity index is 1.81. The Labute approximate surface area is 187 Å². The molecule has 1 unspecified atom stereocenters. The minimum atomic E-state index is -0.517. The molecule has 0 radical (unpaired) electrons. The van der Waals surface area contributed by atoms with Crippen LogP contribution in [0.4, 0.5) is 5.82 Å². The van der Waals surface area contributed by atoms with E-state index in [0.29, 0.717) is 16.4 Å². The van der Waals surface area contributed by atoms with Crippen LogP contribution < -0.4 is 10.6 Å². The zero-order valence-corrected chi connectivity index (χ0v) is 18.9. The lowest BCUT2D eigenvalue weighted by Gasteiger charge is -2.23. The number of carbonyl (C=O) groups excluding carboxylic acids is 2. The van der Waals surface area contributed by atoms with E-state index in [2.05, 4.69) is 15.7 Å². The van der Waals surface area contributed by atoms with Gasteiger partial charge in [0.1, 0.15) is 5.82 Å². The van der Waals surface area contributed by atoms with Crippen LogP contribution in [0.25, 0.3) is 0 Å². The average molecular weight is 439 g/mol. The van der Waals surface area contributed by atoms with Gasteiger partial charge in [-0.3, -0.25) is 9.59 Å². The van der Waals surface area contributed by atoms with Gasteiger partial charge in [0.15, 0.2) is 0 Å². The Hall–Kier alpha value is -3.12. The monoisotopic (exact) mass is 438 g/mol. The first-order valence-electron chi connectivity index (χ1n) is 10.1. The van der Waals surface area contributed by atoms with Gasteiger partial charge in [-0.15, -0.1) is 0 Å². The molecule has 2 amide bonds. The first-order chi connectivity index (χ1) is 14.6. The van der Waals surface area contributed by atoms with Gasteiger partial charge in [0.05, 0.1) is 34.3 Å². The summed E-state index contributed by atoms with van der Waals surface area (Å²) in [5.74, 6) is 0.0702. The number of amides is 2. The summed E-state index contributed by atoms with van der Waals surface area (Å²) in [5.41, 5.74) is 1.73. The average Bonchev–Trinajstić information content (AvgIpc) is 3.09. The number of nitrogens with zero attached hydrogens (tertiary/aromatic N) is 2. The van der Waals surface area contributed by atoms with Crippen LogP contribution in [0.1, 0.15) is 54.8 Å². The van der Waals surface area contributed by atoms with E-state index in [9.17, 15) is 9.59 Å². The highest BCUT2D eigenvalue weighted by atomic mass is 35.5. The number of hydrogen-bond acceptors (Lipinski definition) is 3. The molecular formula is C24H27ClN4O2. The van der Waals surface area contributed by atoms with Crippen LogP contribution >= 0.6 is 11.6 Å². The Morgan fingerprint density at radius 1 is 1.06 bits per heavy atom. The smallest absolute Gasteiger partial charge is 0.253 e. The molecule has 3 rings (SSSR count). The van der Waals surface area contributed by atoms with Crippen LogP contribution in [-0.4, -0.2) is 21.6 Å². The Kier molecular flexibility index (Phi) is 6.81. The fourth-order valence-corrected chi connectivity index (χ4v) is 3.52. The van der Waals surface area contributed by atoms with Crippen molar-refractivity contribution in [2.45, 2.75) is 45.7 Å². The molecule has 2 aromatic carbocycles. The number of rotatable bonds is 6. The Bertz CT molecular complexity index is 1070. The number of halogens is 1. The van der Waals surface area contributed by atoms with Gasteiger partial charge in [-0.1, -0.05) is 54.1 Å². The van der Waals surface area contributed by atoms with Crippen molar-refractivity contribution in [1.82, 2.24) is 15.1 Å². The number of aryl methyl sites for hydroxylation is 1. The van der Waals surface area contributed by atoms with Crippen molar-refractivity contribution in [3.63, 3.8) is 0 Å². The Morgan fingerprint density at radius 2 is 1.71 bits per heavy atom. The second kappa shape index (κ2) is 9.35. The predicted octanol–water partition coefficient (Wildman–Crippen LogP) is 5.10. The summed E-state index contributed by atoms with van der Waals surface area (Å²) in [5, 5.41) is 10.7. The molecule has 0 saturated carbocycles. The highest BCUT2D eigenvalue weighted by Gasteiger charge is 2.23. The number of nitrogens with one attached hydrogen (secondary N) is 2. The number of carbonyl (C=O) groups is 2. The number of benzene rings is 2. The van der Waals surface area contributed by atoms with E-state index in [4.69, 9.17) is 11.6 Å². The van der Waals surface area contributed by atoms with Gasteiger partial charge in [-0.2, -0.15) is 5.10 Å². The first kappa shape index (κ1) is 22.6. The van der Waals surface area contributed by atoms with Gasteiger partial charge >= 0.3 is 0 Å². The molecule has 1 aromatic heterocycles. The molecule has 0 fully saturated rings. The third-order valence-corrected chi connectivity index (χ3v) is 5.08. The van der Waals surface area contributed by atoms with Gasteiger partial charge in [0.2, 0.25) is 5.91 Å². The maximum absolute atomic E-state index is 12.9. The highest BCUT2D eigenvalue weighted by Crippen LogP contribution is 2.24. The quantitative estimate of drug-likeness (QED) is 0.562. The molecule has 6 nitrogen and oxygen atoms in total. The van der Waals surface area contributed by atoms with E-state index in [-0.39, 0.29) is 23.8 Å². The normalized spacial score (nSPS) is 12.3. The predicted molar refractivity (Wildman–Crippen MR) is 123 cm³/mol. The SMILES string of the molecule is Cc1cc(NC(=O)CC(NC(=O)c2ccccc2Cl)c2ccccc2)n(C(C)(C)C)n1. The summed E-state index contributed by atoms with van der Waals surface area (Å²) >= 11 is 6.17. The summed E-state index contributed by atoms with van der Waals surface area (Å²) in [6.45, 7) is 7.94. The van der Waals surface area contributed by atoms with Crippen molar-refractivity contribution in [3.8, 4) is 0 Å². The van der Waals surface area contributed by atoms with Crippen LogP contribution in [0.3, 0.4) is 0 Å². The number of aromatic nitrogens is 2. The summed E-state index contributed by atoms with van der Waals surface area (Å²) in [7, 11) is 0. The van der Waals surface area contributed by atoms with E-state index in [1.165, 1.54) is 0 Å². The minimum Gasteiger partial charge on any atom is -0.345 e. The molecule has 0 aliphatic heterocycles. The molecule has 1 heterocycles. The maximum Gasteiger partial charge on any atom is 0.253 e. The van der Waals surface area contributed by atoms with Crippen molar-refractivity contribution in [2.75, 3.05) is 5.32 Å². The molecule has 0 spiro atoms. The van der Waals surface area contributed by atoms with Gasteiger partial charge in [-0.25, -0.2) is 4.68 Å². The molecule has 2 N–H and O–H groups in total. The molecule has 0 aliphatic rings. The highest BCUT2D eigenvalue weighted by molar-refractivity contribution is 6.33. The standard InChI is InChI=1S/C24H27ClN4O2/c1-16-14-21(29(28-16)24(2,3)4)27-22(30)15-20(17-10-6-5-7-11-17)26-23(31)18-12-8-9-13-19(18)25/h5-14,20H,15H2,1-4H3,(H,26,31)(H,27,30). The number of hydrogen-bond donors (Lipinski definition) is 2. The zero-order chi connectivity index (χ0) is 22.6. The van der Waals surface area contributed by atoms with Gasteiger partial charge in [0.25, 0.3) is 5.91 Å². The molecule has 162 valence electrons.